The van der Waals surface area contributed by atoms with Crippen molar-refractivity contribution in [3.05, 3.63) is 50.5 Å². The van der Waals surface area contributed by atoms with Crippen molar-refractivity contribution in [1.82, 2.24) is 0 Å². The maximum absolute atomic E-state index is 10.7. The second kappa shape index (κ2) is 6.55. The van der Waals surface area contributed by atoms with Crippen LogP contribution < -0.4 is 0 Å². The third-order valence-corrected chi connectivity index (χ3v) is 3.34. The highest BCUT2D eigenvalue weighted by Crippen LogP contribution is 2.28. The average molecular weight is 258 g/mol. The van der Waals surface area contributed by atoms with E-state index >= 15 is 0 Å². The zero-order chi connectivity index (χ0) is 12.0. The highest BCUT2D eigenvalue weighted by Gasteiger charge is 2.09. The summed E-state index contributed by atoms with van der Waals surface area (Å²) in [6.45, 7) is 1.91. The van der Waals surface area contributed by atoms with Gasteiger partial charge in [-0.1, -0.05) is 42.4 Å². The molecule has 0 spiro atoms. The van der Waals surface area contributed by atoms with Crippen molar-refractivity contribution in [2.75, 3.05) is 0 Å². The van der Waals surface area contributed by atoms with E-state index in [0.29, 0.717) is 11.4 Å². The minimum absolute atomic E-state index is 0.229. The van der Waals surface area contributed by atoms with E-state index in [1.54, 1.807) is 11.5 Å². The van der Waals surface area contributed by atoms with Gasteiger partial charge in [0.15, 0.2) is 0 Å². The maximum Gasteiger partial charge on any atom is 0.252 e. The van der Waals surface area contributed by atoms with E-state index in [9.17, 15) is 10.1 Å². The summed E-state index contributed by atoms with van der Waals surface area (Å²) in [5.74, 6) is 0. The van der Waals surface area contributed by atoms with E-state index < -0.39 is 0 Å². The molecular formula is C11H12ClNO2S. The zero-order valence-corrected chi connectivity index (χ0v) is 10.4. The lowest BCUT2D eigenvalue weighted by Crippen LogP contribution is -1.97. The fourth-order valence-electron chi connectivity index (χ4n) is 1.12. The first-order chi connectivity index (χ1) is 7.65. The molecule has 0 atom stereocenters. The van der Waals surface area contributed by atoms with Crippen LogP contribution >= 0.6 is 23.4 Å². The van der Waals surface area contributed by atoms with Crippen LogP contribution in [0.5, 0.6) is 0 Å². The summed E-state index contributed by atoms with van der Waals surface area (Å²) >= 11 is 7.23. The van der Waals surface area contributed by atoms with Crippen LogP contribution in [0.1, 0.15) is 19.8 Å². The zero-order valence-electron chi connectivity index (χ0n) is 8.85. The van der Waals surface area contributed by atoms with E-state index in [2.05, 4.69) is 0 Å². The first kappa shape index (κ1) is 13.1. The minimum Gasteiger partial charge on any atom is -0.259 e. The van der Waals surface area contributed by atoms with Gasteiger partial charge in [0.25, 0.3) is 5.70 Å². The molecule has 1 aromatic carbocycles. The van der Waals surface area contributed by atoms with E-state index in [-0.39, 0.29) is 10.6 Å². The summed E-state index contributed by atoms with van der Waals surface area (Å²) in [5, 5.41) is 12.9. The molecule has 0 aliphatic rings. The number of allylic oxidation sites excluding steroid dienone is 1. The Bertz CT molecular complexity index is 407. The molecule has 0 aromatic heterocycles. The predicted molar refractivity (Wildman–Crippen MR) is 67.3 cm³/mol. The molecule has 0 saturated carbocycles. The van der Waals surface area contributed by atoms with E-state index in [0.717, 1.165) is 11.3 Å². The van der Waals surface area contributed by atoms with Gasteiger partial charge >= 0.3 is 0 Å². The lowest BCUT2D eigenvalue weighted by atomic mass is 10.3. The van der Waals surface area contributed by atoms with Crippen LogP contribution in [0.15, 0.2) is 40.3 Å². The maximum atomic E-state index is 10.7. The third-order valence-electron chi connectivity index (χ3n) is 1.90. The molecule has 3 nitrogen and oxygen atoms in total. The monoisotopic (exact) mass is 257 g/mol. The second-order valence-corrected chi connectivity index (χ2v) is 4.48. The van der Waals surface area contributed by atoms with Crippen LogP contribution in [-0.2, 0) is 0 Å². The van der Waals surface area contributed by atoms with Crippen molar-refractivity contribution < 1.29 is 4.92 Å². The van der Waals surface area contributed by atoms with Gasteiger partial charge in [0.05, 0.1) is 9.95 Å². The average Bonchev–Trinajstić information content (AvgIpc) is 2.26. The number of benzene rings is 1. The Balaban J connectivity index is 2.77. The topological polar surface area (TPSA) is 43.1 Å². The molecule has 5 heteroatoms. The normalized spacial score (nSPS) is 11.5. The van der Waals surface area contributed by atoms with Gasteiger partial charge in [-0.05, 0) is 18.6 Å². The summed E-state index contributed by atoms with van der Waals surface area (Å²) in [4.78, 5) is 11.2. The van der Waals surface area contributed by atoms with Crippen molar-refractivity contribution in [3.8, 4) is 0 Å². The number of nitrogens with zero attached hydrogens (tertiary/aromatic N) is 1. The molecule has 0 aliphatic carbocycles. The second-order valence-electron chi connectivity index (χ2n) is 3.16. The van der Waals surface area contributed by atoms with Crippen molar-refractivity contribution in [1.29, 1.82) is 0 Å². The van der Waals surface area contributed by atoms with Crippen molar-refractivity contribution >= 4 is 23.4 Å². The Morgan fingerprint density at radius 2 is 2.25 bits per heavy atom. The molecule has 16 heavy (non-hydrogen) atoms. The van der Waals surface area contributed by atoms with E-state index in [1.165, 1.54) is 11.8 Å². The summed E-state index contributed by atoms with van der Waals surface area (Å²) in [7, 11) is 0. The van der Waals surface area contributed by atoms with Crippen molar-refractivity contribution in [2.24, 2.45) is 0 Å². The number of nitro groups is 1. The summed E-state index contributed by atoms with van der Waals surface area (Å²) in [6.07, 6.45) is 1.24. The fourth-order valence-corrected chi connectivity index (χ4v) is 2.20. The van der Waals surface area contributed by atoms with Crippen LogP contribution in [0.2, 0.25) is 5.02 Å². The predicted octanol–water partition coefficient (Wildman–Crippen LogP) is 4.35. The molecule has 0 amide bonds. The minimum atomic E-state index is -0.340. The van der Waals surface area contributed by atoms with Crippen molar-refractivity contribution in [2.45, 2.75) is 24.7 Å². The first-order valence-electron chi connectivity index (χ1n) is 4.89. The number of rotatable bonds is 5. The molecule has 0 saturated heterocycles. The Morgan fingerprint density at radius 3 is 2.81 bits per heavy atom. The van der Waals surface area contributed by atoms with Gasteiger partial charge < -0.3 is 0 Å². The SMILES string of the molecule is CCCC(=CSc1ccccc1Cl)[N+](=O)[O-]. The molecule has 1 rings (SSSR count). The van der Waals surface area contributed by atoms with Gasteiger partial charge in [-0.2, -0.15) is 0 Å². The molecule has 0 fully saturated rings. The Morgan fingerprint density at radius 1 is 1.56 bits per heavy atom. The Kier molecular flexibility index (Phi) is 5.35. The van der Waals surface area contributed by atoms with Gasteiger partial charge in [0.2, 0.25) is 0 Å². The highest BCUT2D eigenvalue weighted by atomic mass is 35.5. The summed E-state index contributed by atoms with van der Waals surface area (Å²) in [6, 6.07) is 7.29. The molecule has 0 radical (unpaired) electrons. The molecule has 0 heterocycles. The summed E-state index contributed by atoms with van der Waals surface area (Å²) < 4.78 is 0. The molecule has 0 bridgehead atoms. The third kappa shape index (κ3) is 3.87. The van der Waals surface area contributed by atoms with E-state index in [1.807, 2.05) is 25.1 Å². The summed E-state index contributed by atoms with van der Waals surface area (Å²) in [5.41, 5.74) is 0.229. The van der Waals surface area contributed by atoms with Crippen LogP contribution in [0, 0.1) is 10.1 Å². The first-order valence-corrected chi connectivity index (χ1v) is 6.15. The Labute approximate surface area is 104 Å². The number of hydrogen-bond donors (Lipinski definition) is 0. The van der Waals surface area contributed by atoms with Gasteiger partial charge in [-0.3, -0.25) is 10.1 Å². The number of thioether (sulfide) groups is 1. The van der Waals surface area contributed by atoms with Gasteiger partial charge in [0.1, 0.15) is 0 Å². The highest BCUT2D eigenvalue weighted by molar-refractivity contribution is 8.02. The quantitative estimate of drug-likeness (QED) is 0.447. The van der Waals surface area contributed by atoms with Gasteiger partial charge in [-0.15, -0.1) is 0 Å². The molecular weight excluding hydrogens is 246 g/mol. The smallest absolute Gasteiger partial charge is 0.252 e. The molecule has 86 valence electrons. The van der Waals surface area contributed by atoms with Crippen molar-refractivity contribution in [3.63, 3.8) is 0 Å². The number of halogens is 1. The van der Waals surface area contributed by atoms with Crippen LogP contribution in [0.3, 0.4) is 0 Å². The molecule has 0 N–H and O–H groups in total. The fraction of sp³-hybridized carbons (Fsp3) is 0.273. The Hall–Kier alpha value is -1.00. The molecule has 1 aromatic rings. The van der Waals surface area contributed by atoms with Crippen LogP contribution in [-0.4, -0.2) is 4.92 Å². The van der Waals surface area contributed by atoms with Gasteiger partial charge in [-0.25, -0.2) is 0 Å². The van der Waals surface area contributed by atoms with Crippen LogP contribution in [0.4, 0.5) is 0 Å². The standard InChI is InChI=1S/C11H12ClNO2S/c1-2-5-9(13(14)15)8-16-11-7-4-3-6-10(11)12/h3-4,6-8H,2,5H2,1H3. The molecule has 0 unspecified atom stereocenters. The van der Waals surface area contributed by atoms with Crippen LogP contribution in [0.25, 0.3) is 0 Å². The molecule has 0 aliphatic heterocycles. The lowest BCUT2D eigenvalue weighted by Gasteiger charge is -1.99. The van der Waals surface area contributed by atoms with E-state index in [4.69, 9.17) is 11.6 Å². The largest absolute Gasteiger partial charge is 0.259 e. The lowest BCUT2D eigenvalue weighted by molar-refractivity contribution is -0.427. The number of hydrogen-bond acceptors (Lipinski definition) is 3. The van der Waals surface area contributed by atoms with Gasteiger partial charge in [0, 0.05) is 16.7 Å².